The summed E-state index contributed by atoms with van der Waals surface area (Å²) in [6.45, 7) is 16.0. The maximum atomic E-state index is 12.9. The molecule has 0 aromatic carbocycles. The van der Waals surface area contributed by atoms with E-state index in [0.29, 0.717) is 0 Å². The van der Waals surface area contributed by atoms with E-state index in [-0.39, 0.29) is 46.9 Å². The number of aromatic nitrogens is 1. The number of amidine groups is 1. The van der Waals surface area contributed by atoms with Crippen molar-refractivity contribution in [3.8, 4) is 0 Å². The minimum Gasteiger partial charge on any atom is -0.463 e. The smallest absolute Gasteiger partial charge is 0.415 e. The zero-order chi connectivity index (χ0) is 26.5. The quantitative estimate of drug-likeness (QED) is 0.370. The number of hydrogen-bond acceptors (Lipinski definition) is 9. The van der Waals surface area contributed by atoms with Crippen LogP contribution in [0.1, 0.15) is 54.5 Å². The molecule has 35 heavy (non-hydrogen) atoms. The van der Waals surface area contributed by atoms with Crippen LogP contribution in [0.5, 0.6) is 0 Å². The highest BCUT2D eigenvalue weighted by Crippen LogP contribution is 2.27. The largest absolute Gasteiger partial charge is 0.463 e. The van der Waals surface area contributed by atoms with Gasteiger partial charge in [0.15, 0.2) is 5.82 Å². The Balaban J connectivity index is 2.64. The van der Waals surface area contributed by atoms with E-state index in [1.54, 1.807) is 50.6 Å². The van der Waals surface area contributed by atoms with Gasteiger partial charge in [0.25, 0.3) is 5.56 Å². The molecule has 1 aliphatic heterocycles. The van der Waals surface area contributed by atoms with Gasteiger partial charge in [0.1, 0.15) is 22.9 Å². The SMILES string of the molecule is C=NN1C(N(C)C(=O)OC(C)(C)C)=CC(Nc2cccn(C(C)C)c2=O)=N/C1=C(/C)C(=O)OCC. The summed E-state index contributed by atoms with van der Waals surface area (Å²) in [5.74, 6) is -0.130. The minimum atomic E-state index is -0.742. The highest BCUT2D eigenvalue weighted by atomic mass is 16.6. The van der Waals surface area contributed by atoms with Crippen LogP contribution in [0.4, 0.5) is 10.5 Å². The Bertz CT molecular complexity index is 1140. The van der Waals surface area contributed by atoms with Crippen LogP contribution in [0.2, 0.25) is 0 Å². The first-order valence-electron chi connectivity index (χ1n) is 11.2. The summed E-state index contributed by atoms with van der Waals surface area (Å²) < 4.78 is 12.2. The van der Waals surface area contributed by atoms with E-state index in [0.717, 1.165) is 0 Å². The van der Waals surface area contributed by atoms with Gasteiger partial charge in [-0.3, -0.25) is 9.69 Å². The van der Waals surface area contributed by atoms with Gasteiger partial charge in [0.05, 0.1) is 12.2 Å². The molecule has 0 radical (unpaired) electrons. The summed E-state index contributed by atoms with van der Waals surface area (Å²) in [6.07, 6.45) is 2.54. The lowest BCUT2D eigenvalue weighted by atomic mass is 10.2. The fourth-order valence-electron chi connectivity index (χ4n) is 3.08. The molecule has 11 heteroatoms. The van der Waals surface area contributed by atoms with Gasteiger partial charge in [-0.05, 0) is 60.6 Å². The Morgan fingerprint density at radius 1 is 1.31 bits per heavy atom. The Kier molecular flexibility index (Phi) is 8.62. The van der Waals surface area contributed by atoms with Crippen molar-refractivity contribution in [2.75, 3.05) is 19.0 Å². The molecule has 0 saturated heterocycles. The maximum Gasteiger partial charge on any atom is 0.415 e. The summed E-state index contributed by atoms with van der Waals surface area (Å²) in [6, 6.07) is 3.31. The molecule has 2 heterocycles. The predicted molar refractivity (Wildman–Crippen MR) is 135 cm³/mol. The van der Waals surface area contributed by atoms with Crippen LogP contribution in [0.3, 0.4) is 0 Å². The normalized spacial score (nSPS) is 15.2. The molecule has 11 nitrogen and oxygen atoms in total. The average Bonchev–Trinajstić information content (AvgIpc) is 2.77. The molecule has 0 saturated carbocycles. The first-order valence-corrected chi connectivity index (χ1v) is 11.2. The average molecular weight is 487 g/mol. The van der Waals surface area contributed by atoms with Crippen molar-refractivity contribution in [1.82, 2.24) is 14.5 Å². The van der Waals surface area contributed by atoms with Crippen molar-refractivity contribution >= 4 is 30.3 Å². The Labute approximate surface area is 205 Å². The van der Waals surface area contributed by atoms with Crippen LogP contribution in [0.25, 0.3) is 0 Å². The number of amides is 1. The predicted octanol–water partition coefficient (Wildman–Crippen LogP) is 3.67. The van der Waals surface area contributed by atoms with Crippen molar-refractivity contribution in [3.63, 3.8) is 0 Å². The van der Waals surface area contributed by atoms with Crippen LogP contribution < -0.4 is 10.9 Å². The zero-order valence-electron chi connectivity index (χ0n) is 21.6. The fourth-order valence-corrected chi connectivity index (χ4v) is 3.08. The molecule has 1 aromatic heterocycles. The number of pyridine rings is 1. The van der Waals surface area contributed by atoms with Crippen LogP contribution in [0, 0.1) is 0 Å². The molecular formula is C24H34N6O5. The molecule has 190 valence electrons. The number of nitrogens with one attached hydrogen (secondary N) is 1. The molecule has 0 spiro atoms. The van der Waals surface area contributed by atoms with Gasteiger partial charge in [0, 0.05) is 32.1 Å². The number of nitrogens with zero attached hydrogens (tertiary/aromatic N) is 5. The van der Waals surface area contributed by atoms with Crippen LogP contribution in [-0.4, -0.2) is 58.3 Å². The van der Waals surface area contributed by atoms with Gasteiger partial charge >= 0.3 is 12.1 Å². The third-order valence-corrected chi connectivity index (χ3v) is 4.77. The lowest BCUT2D eigenvalue weighted by Crippen LogP contribution is -2.40. The summed E-state index contributed by atoms with van der Waals surface area (Å²) in [5.41, 5.74) is -0.594. The second-order valence-corrected chi connectivity index (χ2v) is 9.01. The second kappa shape index (κ2) is 11.0. The highest BCUT2D eigenvalue weighted by Gasteiger charge is 2.31. The maximum absolute atomic E-state index is 12.9. The fraction of sp³-hybridized carbons (Fsp3) is 0.458. The van der Waals surface area contributed by atoms with E-state index in [2.05, 4.69) is 22.1 Å². The monoisotopic (exact) mass is 486 g/mol. The van der Waals surface area contributed by atoms with Crippen molar-refractivity contribution in [1.29, 1.82) is 0 Å². The number of esters is 1. The zero-order valence-corrected chi connectivity index (χ0v) is 21.6. The molecule has 1 N–H and O–H groups in total. The van der Waals surface area contributed by atoms with Gasteiger partial charge in [-0.2, -0.15) is 10.1 Å². The summed E-state index contributed by atoms with van der Waals surface area (Å²) in [7, 11) is 1.49. The highest BCUT2D eigenvalue weighted by molar-refractivity contribution is 6.06. The van der Waals surface area contributed by atoms with Gasteiger partial charge in [-0.1, -0.05) is 0 Å². The molecular weight excluding hydrogens is 452 g/mol. The van der Waals surface area contributed by atoms with Gasteiger partial charge < -0.3 is 19.4 Å². The molecule has 0 fully saturated rings. The number of carbonyl (C=O) groups excluding carboxylic acids is 2. The first-order chi connectivity index (χ1) is 16.3. The summed E-state index contributed by atoms with van der Waals surface area (Å²) >= 11 is 0. The van der Waals surface area contributed by atoms with Crippen molar-refractivity contribution in [2.45, 2.75) is 60.1 Å². The number of carbonyl (C=O) groups is 2. The van der Waals surface area contributed by atoms with E-state index in [1.807, 2.05) is 13.8 Å². The summed E-state index contributed by atoms with van der Waals surface area (Å²) in [4.78, 5) is 43.9. The van der Waals surface area contributed by atoms with E-state index in [4.69, 9.17) is 9.47 Å². The standard InChI is InChI=1S/C24H34N6O5/c1-10-34-22(32)16(4)20-27-18(26-17-12-11-13-29(15(2)3)21(17)31)14-19(30(20)25-8)28(9)23(33)35-24(5,6)7/h11-15H,8,10H2,1-7,9H3,(H,26,27)/b20-16+. The molecule has 0 aliphatic carbocycles. The van der Waals surface area contributed by atoms with Crippen molar-refractivity contribution in [3.05, 3.63) is 52.0 Å². The van der Waals surface area contributed by atoms with Gasteiger partial charge in [-0.15, -0.1) is 0 Å². The van der Waals surface area contributed by atoms with Gasteiger partial charge in [-0.25, -0.2) is 14.6 Å². The Morgan fingerprint density at radius 2 is 1.97 bits per heavy atom. The van der Waals surface area contributed by atoms with E-state index < -0.39 is 17.7 Å². The van der Waals surface area contributed by atoms with Gasteiger partial charge in [0.2, 0.25) is 0 Å². The number of ether oxygens (including phenoxy) is 2. The first kappa shape index (κ1) is 27.4. The van der Waals surface area contributed by atoms with E-state index in [9.17, 15) is 14.4 Å². The third-order valence-electron chi connectivity index (χ3n) is 4.77. The van der Waals surface area contributed by atoms with Crippen LogP contribution in [0.15, 0.2) is 56.5 Å². The number of aliphatic imine (C=N–C) groups is 1. The number of anilines is 1. The lowest BCUT2D eigenvalue weighted by Gasteiger charge is -2.33. The molecule has 0 unspecified atom stereocenters. The van der Waals surface area contributed by atoms with Crippen molar-refractivity contribution in [2.24, 2.45) is 10.1 Å². The molecule has 1 aromatic rings. The molecule has 0 atom stereocenters. The number of hydrogen-bond donors (Lipinski definition) is 1. The molecule has 1 aliphatic rings. The molecule has 1 amide bonds. The molecule has 2 rings (SSSR count). The third kappa shape index (κ3) is 6.58. The second-order valence-electron chi connectivity index (χ2n) is 9.01. The Morgan fingerprint density at radius 3 is 2.51 bits per heavy atom. The summed E-state index contributed by atoms with van der Waals surface area (Å²) in [5, 5.41) is 8.21. The van der Waals surface area contributed by atoms with Crippen LogP contribution in [-0.2, 0) is 14.3 Å². The molecule has 0 bridgehead atoms. The topological polar surface area (TPSA) is 118 Å². The van der Waals surface area contributed by atoms with E-state index >= 15 is 0 Å². The van der Waals surface area contributed by atoms with E-state index in [1.165, 1.54) is 30.0 Å². The Hall–Kier alpha value is -3.89. The number of hydrazone groups is 1. The van der Waals surface area contributed by atoms with Crippen molar-refractivity contribution < 1.29 is 19.1 Å². The van der Waals surface area contributed by atoms with Crippen LogP contribution >= 0.6 is 0 Å². The lowest BCUT2D eigenvalue weighted by molar-refractivity contribution is -0.138. The minimum absolute atomic E-state index is 0.0519. The number of rotatable bonds is 6.